The highest BCUT2D eigenvalue weighted by atomic mass is 79.9. The lowest BCUT2D eigenvalue weighted by Gasteiger charge is -2.23. The van der Waals surface area contributed by atoms with Crippen molar-refractivity contribution in [2.75, 3.05) is 6.54 Å². The molecule has 0 aliphatic heterocycles. The van der Waals surface area contributed by atoms with E-state index in [2.05, 4.69) is 52.6 Å². The van der Waals surface area contributed by atoms with Gasteiger partial charge in [0.1, 0.15) is 0 Å². The van der Waals surface area contributed by atoms with Gasteiger partial charge < -0.3 is 5.32 Å². The summed E-state index contributed by atoms with van der Waals surface area (Å²) in [6.07, 6.45) is 0. The van der Waals surface area contributed by atoms with E-state index in [1.165, 1.54) is 4.88 Å². The summed E-state index contributed by atoms with van der Waals surface area (Å²) in [5, 5.41) is 16.4. The normalized spacial score (nSPS) is 11.6. The summed E-state index contributed by atoms with van der Waals surface area (Å²) in [5.41, 5.74) is 1.06. The van der Waals surface area contributed by atoms with Gasteiger partial charge in [-0.25, -0.2) is 0 Å². The van der Waals surface area contributed by atoms with Crippen molar-refractivity contribution in [3.05, 3.63) is 60.7 Å². The molecule has 0 aliphatic carbocycles. The first kappa shape index (κ1) is 16.1. The van der Waals surface area contributed by atoms with Gasteiger partial charge in [-0.15, -0.1) is 11.3 Å². The maximum absolute atomic E-state index is 10.9. The zero-order valence-corrected chi connectivity index (χ0v) is 14.3. The molecule has 0 unspecified atom stereocenters. The molecule has 6 heteroatoms. The summed E-state index contributed by atoms with van der Waals surface area (Å²) in [5.74, 6) is 0. The number of nitrogens with zero attached hydrogens (tertiary/aromatic N) is 1. The van der Waals surface area contributed by atoms with E-state index in [0.717, 1.165) is 12.1 Å². The van der Waals surface area contributed by atoms with Gasteiger partial charge in [0.2, 0.25) is 0 Å². The zero-order chi connectivity index (χ0) is 15.5. The molecule has 112 valence electrons. The highest BCUT2D eigenvalue weighted by Gasteiger charge is 2.21. The van der Waals surface area contributed by atoms with Crippen LogP contribution in [-0.2, 0) is 12.0 Å². The SMILES string of the molecule is CC(C)(CNCc1ccc(Br)c([N+](=O)[O-])c1)c1cccs1. The number of nitrogens with one attached hydrogen (secondary N) is 1. The average molecular weight is 369 g/mol. The van der Waals surface area contributed by atoms with Gasteiger partial charge in [0.25, 0.3) is 5.69 Å². The van der Waals surface area contributed by atoms with Crippen LogP contribution in [-0.4, -0.2) is 11.5 Å². The van der Waals surface area contributed by atoms with E-state index in [1.807, 2.05) is 6.07 Å². The highest BCUT2D eigenvalue weighted by molar-refractivity contribution is 9.10. The molecular weight excluding hydrogens is 352 g/mol. The van der Waals surface area contributed by atoms with Crippen molar-refractivity contribution in [3.8, 4) is 0 Å². The number of benzene rings is 1. The predicted molar refractivity (Wildman–Crippen MR) is 89.8 cm³/mol. The van der Waals surface area contributed by atoms with E-state index in [-0.39, 0.29) is 16.0 Å². The third kappa shape index (κ3) is 4.12. The first-order chi connectivity index (χ1) is 9.90. The molecule has 0 bridgehead atoms. The molecule has 1 N–H and O–H groups in total. The van der Waals surface area contributed by atoms with Crippen LogP contribution in [0.2, 0.25) is 0 Å². The number of rotatable bonds is 6. The van der Waals surface area contributed by atoms with E-state index in [9.17, 15) is 10.1 Å². The lowest BCUT2D eigenvalue weighted by Crippen LogP contribution is -2.31. The average Bonchev–Trinajstić information content (AvgIpc) is 2.95. The molecule has 21 heavy (non-hydrogen) atoms. The van der Waals surface area contributed by atoms with Crippen molar-refractivity contribution in [2.45, 2.75) is 25.8 Å². The Morgan fingerprint density at radius 3 is 2.76 bits per heavy atom. The Balaban J connectivity index is 1.98. The zero-order valence-electron chi connectivity index (χ0n) is 11.9. The topological polar surface area (TPSA) is 55.2 Å². The molecule has 4 nitrogen and oxygen atoms in total. The minimum atomic E-state index is -0.372. The molecule has 0 radical (unpaired) electrons. The van der Waals surface area contributed by atoms with Crippen molar-refractivity contribution < 1.29 is 4.92 Å². The summed E-state index contributed by atoms with van der Waals surface area (Å²) >= 11 is 4.95. The summed E-state index contributed by atoms with van der Waals surface area (Å²) < 4.78 is 0.509. The third-order valence-corrected chi connectivity index (χ3v) is 5.20. The van der Waals surface area contributed by atoms with Crippen molar-refractivity contribution >= 4 is 33.0 Å². The standard InChI is InChI=1S/C15H17BrN2O2S/c1-15(2,14-4-3-7-21-14)10-17-9-11-5-6-12(16)13(8-11)18(19)20/h3-8,17H,9-10H2,1-2H3. The Hall–Kier alpha value is -1.24. The summed E-state index contributed by atoms with van der Waals surface area (Å²) in [4.78, 5) is 11.9. The minimum Gasteiger partial charge on any atom is -0.312 e. The molecule has 0 aliphatic rings. The number of halogens is 1. The monoisotopic (exact) mass is 368 g/mol. The molecule has 1 aromatic heterocycles. The lowest BCUT2D eigenvalue weighted by molar-refractivity contribution is -0.385. The van der Waals surface area contributed by atoms with Crippen LogP contribution >= 0.6 is 27.3 Å². The van der Waals surface area contributed by atoms with Gasteiger partial charge in [0.15, 0.2) is 0 Å². The molecule has 0 saturated carbocycles. The number of nitro groups is 1. The summed E-state index contributed by atoms with van der Waals surface area (Å²) in [7, 11) is 0. The molecule has 0 spiro atoms. The van der Waals surface area contributed by atoms with Crippen LogP contribution in [0, 0.1) is 10.1 Å². The van der Waals surface area contributed by atoms with Crippen molar-refractivity contribution in [1.82, 2.24) is 5.32 Å². The molecule has 0 atom stereocenters. The smallest absolute Gasteiger partial charge is 0.283 e. The van der Waals surface area contributed by atoms with Crippen molar-refractivity contribution in [1.29, 1.82) is 0 Å². The lowest BCUT2D eigenvalue weighted by atomic mass is 9.91. The maximum Gasteiger partial charge on any atom is 0.283 e. The van der Waals surface area contributed by atoms with E-state index in [4.69, 9.17) is 0 Å². The number of thiophene rings is 1. The number of hydrogen-bond acceptors (Lipinski definition) is 4. The molecule has 0 saturated heterocycles. The van der Waals surface area contributed by atoms with Crippen LogP contribution in [0.1, 0.15) is 24.3 Å². The second-order valence-electron chi connectivity index (χ2n) is 5.51. The molecule has 0 fully saturated rings. The molecule has 2 rings (SSSR count). The van der Waals surface area contributed by atoms with Crippen LogP contribution < -0.4 is 5.32 Å². The first-order valence-electron chi connectivity index (χ1n) is 6.58. The second-order valence-corrected chi connectivity index (χ2v) is 7.31. The Kier molecular flexibility index (Phi) is 5.13. The van der Waals surface area contributed by atoms with Gasteiger partial charge in [0.05, 0.1) is 9.40 Å². The Labute approximate surface area is 136 Å². The Bertz CT molecular complexity index is 627. The van der Waals surface area contributed by atoms with Crippen LogP contribution in [0.5, 0.6) is 0 Å². The molecule has 2 aromatic rings. The van der Waals surface area contributed by atoms with Gasteiger partial charge in [-0.2, -0.15) is 0 Å². The third-order valence-electron chi connectivity index (χ3n) is 3.29. The van der Waals surface area contributed by atoms with E-state index < -0.39 is 0 Å². The van der Waals surface area contributed by atoms with Crippen LogP contribution in [0.3, 0.4) is 0 Å². The van der Waals surface area contributed by atoms with Crippen molar-refractivity contribution in [3.63, 3.8) is 0 Å². The van der Waals surface area contributed by atoms with E-state index in [1.54, 1.807) is 23.5 Å². The molecular formula is C15H17BrN2O2S. The van der Waals surface area contributed by atoms with Crippen LogP contribution in [0.4, 0.5) is 5.69 Å². The first-order valence-corrected chi connectivity index (χ1v) is 8.25. The van der Waals surface area contributed by atoms with Crippen molar-refractivity contribution in [2.24, 2.45) is 0 Å². The van der Waals surface area contributed by atoms with E-state index in [0.29, 0.717) is 11.0 Å². The Morgan fingerprint density at radius 2 is 2.14 bits per heavy atom. The number of nitro benzene ring substituents is 1. The highest BCUT2D eigenvalue weighted by Crippen LogP contribution is 2.27. The summed E-state index contributed by atoms with van der Waals surface area (Å²) in [6, 6.07) is 9.41. The van der Waals surface area contributed by atoms with Gasteiger partial charge in [0, 0.05) is 29.4 Å². The fourth-order valence-electron chi connectivity index (χ4n) is 2.08. The fourth-order valence-corrected chi connectivity index (χ4v) is 3.32. The summed E-state index contributed by atoms with van der Waals surface area (Å²) in [6.45, 7) is 5.81. The predicted octanol–water partition coefficient (Wildman–Crippen LogP) is 4.49. The van der Waals surface area contributed by atoms with Gasteiger partial charge in [-0.05, 0) is 39.0 Å². The quantitative estimate of drug-likeness (QED) is 0.603. The fraction of sp³-hybridized carbons (Fsp3) is 0.333. The van der Waals surface area contributed by atoms with Gasteiger partial charge in [-0.1, -0.05) is 26.0 Å². The maximum atomic E-state index is 10.9. The van der Waals surface area contributed by atoms with E-state index >= 15 is 0 Å². The molecule has 1 heterocycles. The van der Waals surface area contributed by atoms with Crippen LogP contribution in [0.25, 0.3) is 0 Å². The molecule has 1 aromatic carbocycles. The second kappa shape index (κ2) is 6.68. The number of hydrogen-bond donors (Lipinski definition) is 1. The Morgan fingerprint density at radius 1 is 1.38 bits per heavy atom. The minimum absolute atomic E-state index is 0.0511. The molecule has 0 amide bonds. The van der Waals surface area contributed by atoms with Gasteiger partial charge >= 0.3 is 0 Å². The van der Waals surface area contributed by atoms with Crippen LogP contribution in [0.15, 0.2) is 40.2 Å². The largest absolute Gasteiger partial charge is 0.312 e. The van der Waals surface area contributed by atoms with Gasteiger partial charge in [-0.3, -0.25) is 10.1 Å².